The van der Waals surface area contributed by atoms with Crippen molar-refractivity contribution in [2.75, 3.05) is 32.7 Å². The smallest absolute Gasteiger partial charge is 0.170 e. The van der Waals surface area contributed by atoms with Crippen LogP contribution in [0.15, 0.2) is 4.34 Å². The Hall–Kier alpha value is -0.210. The molecule has 0 radical (unpaired) electrons. The summed E-state index contributed by atoms with van der Waals surface area (Å²) in [6.45, 7) is 3.24. The van der Waals surface area contributed by atoms with Crippen molar-refractivity contribution >= 4 is 23.3 Å². The highest BCUT2D eigenvalue weighted by molar-refractivity contribution is 8.00. The molecule has 0 aliphatic heterocycles. The number of rotatable bonds is 8. The van der Waals surface area contributed by atoms with E-state index >= 15 is 0 Å². The highest BCUT2D eigenvalue weighted by atomic mass is 32.2. The van der Waals surface area contributed by atoms with E-state index in [0.717, 1.165) is 10.2 Å². The molecule has 92 valence electrons. The van der Waals surface area contributed by atoms with Crippen molar-refractivity contribution in [2.24, 2.45) is 0 Å². The quantitative estimate of drug-likeness (QED) is 0.557. The van der Waals surface area contributed by atoms with Crippen molar-refractivity contribution < 1.29 is 14.6 Å². The molecule has 0 amide bonds. The number of aliphatic hydroxyl groups excluding tert-OH is 1. The number of methoxy groups -OCH3 is 1. The number of thioether (sulfide) groups is 1. The number of aliphatic hydroxyl groups is 1. The Bertz CT molecular complexity index is 296. The molecule has 0 fully saturated rings. The van der Waals surface area contributed by atoms with E-state index in [1.165, 1.54) is 23.3 Å². The average molecular weight is 264 g/mol. The van der Waals surface area contributed by atoms with Gasteiger partial charge >= 0.3 is 0 Å². The second kappa shape index (κ2) is 7.97. The average Bonchev–Trinajstić information content (AvgIpc) is 2.68. The van der Waals surface area contributed by atoms with Crippen molar-refractivity contribution in [1.29, 1.82) is 0 Å². The van der Waals surface area contributed by atoms with Gasteiger partial charge in [0.1, 0.15) is 5.82 Å². The van der Waals surface area contributed by atoms with Crippen molar-refractivity contribution in [3.05, 3.63) is 5.82 Å². The van der Waals surface area contributed by atoms with Gasteiger partial charge in [-0.05, 0) is 18.5 Å². The summed E-state index contributed by atoms with van der Waals surface area (Å²) < 4.78 is 15.0. The molecular formula is C9H16N2O3S2. The maximum absolute atomic E-state index is 9.59. The van der Waals surface area contributed by atoms with Crippen LogP contribution in [-0.4, -0.2) is 53.3 Å². The minimum absolute atomic E-state index is 0.328. The lowest BCUT2D eigenvalue weighted by atomic mass is 10.4. The number of nitrogens with zero attached hydrogens (tertiary/aromatic N) is 2. The highest BCUT2D eigenvalue weighted by Gasteiger charge is 2.07. The molecule has 0 spiro atoms. The summed E-state index contributed by atoms with van der Waals surface area (Å²) in [5.41, 5.74) is 0. The first-order chi connectivity index (χ1) is 7.72. The molecule has 1 heterocycles. The third kappa shape index (κ3) is 5.76. The first kappa shape index (κ1) is 13.9. The maximum Gasteiger partial charge on any atom is 0.170 e. The molecule has 1 atom stereocenters. The Morgan fingerprint density at radius 1 is 1.50 bits per heavy atom. The molecule has 5 nitrogen and oxygen atoms in total. The van der Waals surface area contributed by atoms with E-state index in [-0.39, 0.29) is 0 Å². The van der Waals surface area contributed by atoms with Crippen molar-refractivity contribution in [3.63, 3.8) is 0 Å². The van der Waals surface area contributed by atoms with E-state index < -0.39 is 6.10 Å². The molecule has 0 saturated heterocycles. The Labute approximate surface area is 103 Å². The van der Waals surface area contributed by atoms with Crippen molar-refractivity contribution in [3.8, 4) is 0 Å². The monoisotopic (exact) mass is 264 g/mol. The van der Waals surface area contributed by atoms with Gasteiger partial charge in [0.25, 0.3) is 0 Å². The number of hydrogen-bond acceptors (Lipinski definition) is 7. The van der Waals surface area contributed by atoms with Gasteiger partial charge in [0.15, 0.2) is 4.34 Å². The summed E-state index contributed by atoms with van der Waals surface area (Å²) in [7, 11) is 1.62. The van der Waals surface area contributed by atoms with Gasteiger partial charge in [-0.1, -0.05) is 11.8 Å². The molecule has 1 unspecified atom stereocenters. The number of hydrogen-bond donors (Lipinski definition) is 1. The Kier molecular flexibility index (Phi) is 6.90. The summed E-state index contributed by atoms with van der Waals surface area (Å²) in [5.74, 6) is 1.35. The lowest BCUT2D eigenvalue weighted by molar-refractivity contribution is 0.0218. The summed E-state index contributed by atoms with van der Waals surface area (Å²) in [5, 5.41) is 9.59. The molecule has 1 N–H and O–H groups in total. The largest absolute Gasteiger partial charge is 0.390 e. The fourth-order valence-corrected chi connectivity index (χ4v) is 2.49. The van der Waals surface area contributed by atoms with Gasteiger partial charge in [-0.3, -0.25) is 0 Å². The third-order valence-electron chi connectivity index (χ3n) is 1.65. The molecule has 1 rings (SSSR count). The van der Waals surface area contributed by atoms with E-state index in [0.29, 0.717) is 25.6 Å². The number of aromatic nitrogens is 2. The zero-order chi connectivity index (χ0) is 11.8. The lowest BCUT2D eigenvalue weighted by Gasteiger charge is -2.09. The third-order valence-corrected chi connectivity index (χ3v) is 3.72. The lowest BCUT2D eigenvalue weighted by Crippen LogP contribution is -2.19. The fraction of sp³-hybridized carbons (Fsp3) is 0.778. The summed E-state index contributed by atoms with van der Waals surface area (Å²) in [4.78, 5) is 4.19. The SMILES string of the molecule is COCCOCC(O)CSc1nc(C)ns1. The predicted molar refractivity (Wildman–Crippen MR) is 64.1 cm³/mol. The number of aryl methyl sites for hydroxylation is 1. The van der Waals surface area contributed by atoms with E-state index in [2.05, 4.69) is 9.36 Å². The molecule has 1 aromatic heterocycles. The molecule has 0 aliphatic rings. The molecule has 0 aliphatic carbocycles. The highest BCUT2D eigenvalue weighted by Crippen LogP contribution is 2.20. The van der Waals surface area contributed by atoms with Crippen LogP contribution < -0.4 is 0 Å². The van der Waals surface area contributed by atoms with E-state index in [4.69, 9.17) is 9.47 Å². The second-order valence-corrected chi connectivity index (χ2v) is 5.16. The van der Waals surface area contributed by atoms with Crippen LogP contribution in [-0.2, 0) is 9.47 Å². The van der Waals surface area contributed by atoms with Gasteiger partial charge < -0.3 is 14.6 Å². The first-order valence-electron chi connectivity index (χ1n) is 4.90. The van der Waals surface area contributed by atoms with E-state index in [1.807, 2.05) is 6.92 Å². The maximum atomic E-state index is 9.59. The van der Waals surface area contributed by atoms with Crippen LogP contribution in [0.4, 0.5) is 0 Å². The van der Waals surface area contributed by atoms with Crippen LogP contribution in [0.2, 0.25) is 0 Å². The van der Waals surface area contributed by atoms with Gasteiger partial charge in [-0.25, -0.2) is 4.98 Å². The van der Waals surface area contributed by atoms with E-state index in [9.17, 15) is 5.11 Å². The van der Waals surface area contributed by atoms with Crippen LogP contribution in [0.25, 0.3) is 0 Å². The van der Waals surface area contributed by atoms with E-state index in [1.54, 1.807) is 7.11 Å². The minimum atomic E-state index is -0.480. The minimum Gasteiger partial charge on any atom is -0.390 e. The molecule has 1 aromatic rings. The summed E-state index contributed by atoms with van der Waals surface area (Å²) >= 11 is 2.85. The Balaban J connectivity index is 2.08. The summed E-state index contributed by atoms with van der Waals surface area (Å²) in [6, 6.07) is 0. The fourth-order valence-electron chi connectivity index (χ4n) is 0.914. The zero-order valence-electron chi connectivity index (χ0n) is 9.38. The van der Waals surface area contributed by atoms with Crippen LogP contribution in [0, 0.1) is 6.92 Å². The van der Waals surface area contributed by atoms with Crippen molar-refractivity contribution in [1.82, 2.24) is 9.36 Å². The number of ether oxygens (including phenoxy) is 2. The van der Waals surface area contributed by atoms with Gasteiger partial charge in [0.2, 0.25) is 0 Å². The molecule has 16 heavy (non-hydrogen) atoms. The Morgan fingerprint density at radius 3 is 2.94 bits per heavy atom. The Morgan fingerprint density at radius 2 is 2.31 bits per heavy atom. The van der Waals surface area contributed by atoms with Crippen LogP contribution in [0.3, 0.4) is 0 Å². The first-order valence-corrected chi connectivity index (χ1v) is 6.66. The van der Waals surface area contributed by atoms with Crippen molar-refractivity contribution in [2.45, 2.75) is 17.4 Å². The van der Waals surface area contributed by atoms with Crippen LogP contribution in [0.1, 0.15) is 5.82 Å². The normalized spacial score (nSPS) is 12.9. The molecule has 7 heteroatoms. The van der Waals surface area contributed by atoms with Gasteiger partial charge in [-0.15, -0.1) is 0 Å². The molecule has 0 bridgehead atoms. The topological polar surface area (TPSA) is 64.5 Å². The molecular weight excluding hydrogens is 248 g/mol. The zero-order valence-corrected chi connectivity index (χ0v) is 11.0. The van der Waals surface area contributed by atoms with Crippen LogP contribution >= 0.6 is 23.3 Å². The predicted octanol–water partition coefficient (Wildman–Crippen LogP) is 0.963. The van der Waals surface area contributed by atoms with Gasteiger partial charge in [0.05, 0.1) is 25.9 Å². The molecule has 0 aromatic carbocycles. The van der Waals surface area contributed by atoms with Gasteiger partial charge in [-0.2, -0.15) is 4.37 Å². The second-order valence-electron chi connectivity index (χ2n) is 3.14. The standard InChI is InChI=1S/C9H16N2O3S2/c1-7-10-9(16-11-7)15-6-8(12)5-14-4-3-13-2/h8,12H,3-6H2,1-2H3. The molecule has 0 saturated carbocycles. The van der Waals surface area contributed by atoms with Crippen LogP contribution in [0.5, 0.6) is 0 Å². The summed E-state index contributed by atoms with van der Waals surface area (Å²) in [6.07, 6.45) is -0.480. The van der Waals surface area contributed by atoms with Gasteiger partial charge in [0, 0.05) is 12.9 Å².